The van der Waals surface area contributed by atoms with Gasteiger partial charge in [0.2, 0.25) is 17.7 Å². The second-order valence-electron chi connectivity index (χ2n) is 13.2. The van der Waals surface area contributed by atoms with Gasteiger partial charge in [0.1, 0.15) is 29.3 Å². The van der Waals surface area contributed by atoms with Gasteiger partial charge in [-0.25, -0.2) is 9.59 Å². The second kappa shape index (κ2) is 17.2. The number of nitrogens with one attached hydrogen (secondary N) is 2. The van der Waals surface area contributed by atoms with E-state index in [1.807, 2.05) is 37.3 Å². The minimum absolute atomic E-state index is 0.0642. The van der Waals surface area contributed by atoms with E-state index in [4.69, 9.17) is 21.6 Å². The summed E-state index contributed by atoms with van der Waals surface area (Å²) in [6.45, 7) is 12.1. The van der Waals surface area contributed by atoms with Gasteiger partial charge < -0.3 is 30.7 Å². The maximum Gasteiger partial charge on any atom is 0.408 e. The number of nitrogens with two attached hydrogens (primary N) is 1. The fourth-order valence-electron chi connectivity index (χ4n) is 4.79. The topological polar surface area (TPSA) is 157 Å². The molecule has 0 saturated heterocycles. The number of hydrogen-bond donors (Lipinski definition) is 3. The molecule has 0 fully saturated rings. The summed E-state index contributed by atoms with van der Waals surface area (Å²) < 4.78 is 11.0. The van der Waals surface area contributed by atoms with Gasteiger partial charge in [-0.3, -0.25) is 14.4 Å². The SMILES string of the molecule is C#Cc1ccccc1C(C(=O)NC(Cc1ccccc1)C(=O)OC(C)(C)C)N(CCC)C(=O)C(CCC(N)=O)NC(=O)OC(C)(C)C. The number of nitrogens with zero attached hydrogens (tertiary/aromatic N) is 1. The molecule has 0 aromatic heterocycles. The molecule has 11 heteroatoms. The van der Waals surface area contributed by atoms with Crippen molar-refractivity contribution in [3.63, 3.8) is 0 Å². The number of esters is 1. The molecule has 47 heavy (non-hydrogen) atoms. The van der Waals surface area contributed by atoms with E-state index in [-0.39, 0.29) is 25.8 Å². The fraction of sp³-hybridized carbons (Fsp3) is 0.472. The van der Waals surface area contributed by atoms with Crippen molar-refractivity contribution in [2.45, 2.75) is 103 Å². The van der Waals surface area contributed by atoms with Gasteiger partial charge in [0.25, 0.3) is 0 Å². The smallest absolute Gasteiger partial charge is 0.408 e. The van der Waals surface area contributed by atoms with Crippen LogP contribution in [-0.4, -0.2) is 64.5 Å². The highest BCUT2D eigenvalue weighted by Gasteiger charge is 2.39. The molecule has 2 aromatic rings. The lowest BCUT2D eigenvalue weighted by molar-refractivity contribution is -0.159. The zero-order valence-electron chi connectivity index (χ0n) is 28.4. The first-order valence-electron chi connectivity index (χ1n) is 15.7. The monoisotopic (exact) mass is 648 g/mol. The Bertz CT molecular complexity index is 1440. The molecule has 0 saturated carbocycles. The highest BCUT2D eigenvalue weighted by atomic mass is 16.6. The zero-order chi connectivity index (χ0) is 35.4. The summed E-state index contributed by atoms with van der Waals surface area (Å²) in [7, 11) is 0. The van der Waals surface area contributed by atoms with Crippen molar-refractivity contribution in [1.82, 2.24) is 15.5 Å². The maximum atomic E-state index is 14.4. The molecule has 0 bridgehead atoms. The largest absolute Gasteiger partial charge is 0.458 e. The molecule has 0 aliphatic heterocycles. The summed E-state index contributed by atoms with van der Waals surface area (Å²) in [4.78, 5) is 68.1. The number of amides is 4. The van der Waals surface area contributed by atoms with Gasteiger partial charge in [-0.1, -0.05) is 61.4 Å². The molecule has 254 valence electrons. The van der Waals surface area contributed by atoms with Crippen LogP contribution in [0.3, 0.4) is 0 Å². The molecule has 3 atom stereocenters. The lowest BCUT2D eigenvalue weighted by Crippen LogP contribution is -2.55. The number of benzene rings is 2. The average molecular weight is 649 g/mol. The predicted octanol–water partition coefficient (Wildman–Crippen LogP) is 4.18. The Morgan fingerprint density at radius 3 is 2.02 bits per heavy atom. The third kappa shape index (κ3) is 12.8. The molecule has 0 radical (unpaired) electrons. The number of rotatable bonds is 14. The number of hydrogen-bond acceptors (Lipinski definition) is 7. The number of carbonyl (C=O) groups excluding carboxylic acids is 5. The predicted molar refractivity (Wildman–Crippen MR) is 179 cm³/mol. The third-order valence-corrected chi connectivity index (χ3v) is 6.68. The summed E-state index contributed by atoms with van der Waals surface area (Å²) >= 11 is 0. The van der Waals surface area contributed by atoms with Gasteiger partial charge in [0.05, 0.1) is 0 Å². The van der Waals surface area contributed by atoms with Gasteiger partial charge in [-0.2, -0.15) is 0 Å². The highest BCUT2D eigenvalue weighted by molar-refractivity contribution is 5.94. The number of ether oxygens (including phenoxy) is 2. The lowest BCUT2D eigenvalue weighted by Gasteiger charge is -2.35. The van der Waals surface area contributed by atoms with Crippen molar-refractivity contribution >= 4 is 29.8 Å². The molecule has 3 unspecified atom stereocenters. The van der Waals surface area contributed by atoms with Crippen LogP contribution in [0.4, 0.5) is 4.79 Å². The Balaban J connectivity index is 2.65. The van der Waals surface area contributed by atoms with Crippen LogP contribution in [0.5, 0.6) is 0 Å². The Labute approximate surface area is 277 Å². The highest BCUT2D eigenvalue weighted by Crippen LogP contribution is 2.27. The van der Waals surface area contributed by atoms with E-state index in [9.17, 15) is 24.0 Å². The first-order chi connectivity index (χ1) is 22.0. The molecule has 4 amide bonds. The Morgan fingerprint density at radius 2 is 1.47 bits per heavy atom. The van der Waals surface area contributed by atoms with Crippen molar-refractivity contribution in [2.24, 2.45) is 5.73 Å². The summed E-state index contributed by atoms with van der Waals surface area (Å²) in [5.41, 5.74) is 5.16. The minimum Gasteiger partial charge on any atom is -0.458 e. The molecular weight excluding hydrogens is 600 g/mol. The molecule has 0 aliphatic carbocycles. The maximum absolute atomic E-state index is 14.4. The summed E-state index contributed by atoms with van der Waals surface area (Å²) in [6.07, 6.45) is 5.13. The third-order valence-electron chi connectivity index (χ3n) is 6.68. The van der Waals surface area contributed by atoms with E-state index >= 15 is 0 Å². The first kappa shape index (κ1) is 38.3. The molecule has 2 aromatic carbocycles. The van der Waals surface area contributed by atoms with E-state index in [0.29, 0.717) is 17.5 Å². The molecule has 2 rings (SSSR count). The van der Waals surface area contributed by atoms with Crippen LogP contribution < -0.4 is 16.4 Å². The van der Waals surface area contributed by atoms with Gasteiger partial charge in [-0.05, 0) is 71.6 Å². The lowest BCUT2D eigenvalue weighted by atomic mass is 9.96. The Hall–Kier alpha value is -4.85. The molecule has 4 N–H and O–H groups in total. The minimum atomic E-state index is -1.33. The van der Waals surface area contributed by atoms with Crippen molar-refractivity contribution < 1.29 is 33.4 Å². The zero-order valence-corrected chi connectivity index (χ0v) is 28.4. The number of terminal acetylenes is 1. The van der Waals surface area contributed by atoms with Crippen molar-refractivity contribution in [1.29, 1.82) is 0 Å². The Kier molecular flexibility index (Phi) is 14.0. The van der Waals surface area contributed by atoms with Crippen LogP contribution >= 0.6 is 0 Å². The number of alkyl carbamates (subject to hydrolysis) is 1. The van der Waals surface area contributed by atoms with Gasteiger partial charge >= 0.3 is 12.1 Å². The normalized spacial score (nSPS) is 13.2. The standard InChI is InChI=1S/C36H48N4O7/c1-9-22-40(32(43)27(20-21-29(37)41)39-34(45)47-36(6,7)8)30(26-19-15-14-18-25(26)10-2)31(42)38-28(33(44)46-35(3,4)5)23-24-16-12-11-13-17-24/h2,11-19,27-28,30H,9,20-23H2,1,3-8H3,(H2,37,41)(H,38,42)(H,39,45). The molecule has 11 nitrogen and oxygen atoms in total. The van der Waals surface area contributed by atoms with Crippen LogP contribution in [0.2, 0.25) is 0 Å². The quantitative estimate of drug-likeness (QED) is 0.205. The molecule has 0 aliphatic rings. The van der Waals surface area contributed by atoms with Crippen LogP contribution in [0.25, 0.3) is 0 Å². The van der Waals surface area contributed by atoms with E-state index in [0.717, 1.165) is 5.56 Å². The van der Waals surface area contributed by atoms with Crippen molar-refractivity contribution in [3.05, 3.63) is 71.3 Å². The summed E-state index contributed by atoms with van der Waals surface area (Å²) in [6, 6.07) is 12.1. The van der Waals surface area contributed by atoms with Crippen LogP contribution in [0, 0.1) is 12.3 Å². The number of primary amides is 1. The van der Waals surface area contributed by atoms with Crippen LogP contribution in [0.15, 0.2) is 54.6 Å². The fourth-order valence-corrected chi connectivity index (χ4v) is 4.79. The molecular formula is C36H48N4O7. The van der Waals surface area contributed by atoms with Gasteiger partial charge in [0.15, 0.2) is 0 Å². The summed E-state index contributed by atoms with van der Waals surface area (Å²) in [5.74, 6) is -0.103. The first-order valence-corrected chi connectivity index (χ1v) is 15.7. The van der Waals surface area contributed by atoms with Crippen LogP contribution in [0.1, 0.15) is 90.5 Å². The van der Waals surface area contributed by atoms with Crippen molar-refractivity contribution in [3.8, 4) is 12.3 Å². The molecule has 0 heterocycles. The van der Waals surface area contributed by atoms with E-state index in [1.54, 1.807) is 65.8 Å². The Morgan fingerprint density at radius 1 is 0.872 bits per heavy atom. The van der Waals surface area contributed by atoms with E-state index in [2.05, 4.69) is 16.6 Å². The summed E-state index contributed by atoms with van der Waals surface area (Å²) in [5, 5.41) is 5.38. The van der Waals surface area contributed by atoms with Gasteiger partial charge in [-0.15, -0.1) is 6.42 Å². The second-order valence-corrected chi connectivity index (χ2v) is 13.2. The average Bonchev–Trinajstić information content (AvgIpc) is 2.97. The van der Waals surface area contributed by atoms with E-state index in [1.165, 1.54) is 4.90 Å². The van der Waals surface area contributed by atoms with Gasteiger partial charge in [0, 0.05) is 24.9 Å². The van der Waals surface area contributed by atoms with E-state index < -0.39 is 59.1 Å². The van der Waals surface area contributed by atoms with Crippen LogP contribution in [-0.2, 0) is 35.1 Å². The number of carbonyl (C=O) groups is 5. The molecule has 0 spiro atoms. The van der Waals surface area contributed by atoms with Crippen molar-refractivity contribution in [2.75, 3.05) is 6.54 Å².